The molecule has 3 nitrogen and oxygen atoms in total. The molecule has 2 rings (SSSR count). The van der Waals surface area contributed by atoms with Gasteiger partial charge in [-0.15, -0.1) is 0 Å². The van der Waals surface area contributed by atoms with Gasteiger partial charge < -0.3 is 10.8 Å². The maximum absolute atomic E-state index is 9.08. The van der Waals surface area contributed by atoms with E-state index >= 15 is 0 Å². The molecule has 0 spiro atoms. The lowest BCUT2D eigenvalue weighted by Gasteiger charge is -2.21. The van der Waals surface area contributed by atoms with Crippen molar-refractivity contribution < 1.29 is 5.11 Å². The van der Waals surface area contributed by atoms with Crippen LogP contribution in [0.4, 0.5) is 5.82 Å². The maximum atomic E-state index is 9.08. The van der Waals surface area contributed by atoms with Gasteiger partial charge in [0, 0.05) is 10.7 Å². The van der Waals surface area contributed by atoms with E-state index in [2.05, 4.69) is 27.8 Å². The second kappa shape index (κ2) is 6.86. The van der Waals surface area contributed by atoms with Crippen molar-refractivity contribution in [1.82, 2.24) is 4.98 Å². The molecular formula is C12H19BrN2O. The van der Waals surface area contributed by atoms with Gasteiger partial charge in [-0.2, -0.15) is 0 Å². The van der Waals surface area contributed by atoms with Crippen LogP contribution in [-0.4, -0.2) is 16.2 Å². The highest BCUT2D eigenvalue weighted by Gasteiger charge is 2.15. The summed E-state index contributed by atoms with van der Waals surface area (Å²) < 4.78 is 0.951. The number of halogens is 1. The van der Waals surface area contributed by atoms with E-state index in [1.54, 1.807) is 12.3 Å². The second-order valence-corrected chi connectivity index (χ2v) is 5.24. The lowest BCUT2D eigenvalue weighted by molar-refractivity contribution is 0.106. The molecule has 1 heterocycles. The summed E-state index contributed by atoms with van der Waals surface area (Å²) in [6, 6.07) is 3.59. The normalized spacial score (nSPS) is 24.4. The molecule has 0 amide bonds. The summed E-state index contributed by atoms with van der Waals surface area (Å²) in [6.07, 6.45) is 6.28. The number of hydrogen-bond donors (Lipinski definition) is 2. The highest BCUT2D eigenvalue weighted by molar-refractivity contribution is 9.10. The summed E-state index contributed by atoms with van der Waals surface area (Å²) in [7, 11) is 0. The molecule has 1 aromatic rings. The number of hydrogen-bond acceptors (Lipinski definition) is 3. The lowest BCUT2D eigenvalue weighted by atomic mass is 9.89. The first-order valence-electron chi connectivity index (χ1n) is 5.63. The van der Waals surface area contributed by atoms with Crippen LogP contribution in [0.1, 0.15) is 32.6 Å². The third-order valence-corrected chi connectivity index (χ3v) is 3.13. The van der Waals surface area contributed by atoms with Gasteiger partial charge in [0.05, 0.1) is 6.10 Å². The van der Waals surface area contributed by atoms with Crippen molar-refractivity contribution in [2.24, 2.45) is 5.92 Å². The molecule has 2 unspecified atom stereocenters. The van der Waals surface area contributed by atoms with Crippen LogP contribution in [0.2, 0.25) is 0 Å². The van der Waals surface area contributed by atoms with Gasteiger partial charge in [-0.05, 0) is 46.8 Å². The molecule has 1 aliphatic carbocycles. The molecule has 0 saturated heterocycles. The Bertz CT molecular complexity index is 273. The number of aliphatic hydroxyl groups is 1. The lowest BCUT2D eigenvalue weighted by Crippen LogP contribution is -2.16. The topological polar surface area (TPSA) is 59.1 Å². The highest BCUT2D eigenvalue weighted by Crippen LogP contribution is 2.22. The Hall–Kier alpha value is -0.610. The minimum Gasteiger partial charge on any atom is -0.393 e. The average molecular weight is 287 g/mol. The van der Waals surface area contributed by atoms with Crippen LogP contribution in [0.25, 0.3) is 0 Å². The SMILES string of the molecule is CC1CCCC(O)C1.Nc1ccc(Br)cn1. The van der Waals surface area contributed by atoms with Crippen LogP contribution in [0.3, 0.4) is 0 Å². The number of nitrogen functional groups attached to an aromatic ring is 1. The maximum Gasteiger partial charge on any atom is 0.123 e. The molecule has 0 aliphatic heterocycles. The van der Waals surface area contributed by atoms with E-state index in [9.17, 15) is 0 Å². The largest absolute Gasteiger partial charge is 0.393 e. The molecule has 3 N–H and O–H groups in total. The van der Waals surface area contributed by atoms with Gasteiger partial charge in [-0.1, -0.05) is 19.8 Å². The van der Waals surface area contributed by atoms with Gasteiger partial charge in [0.1, 0.15) is 5.82 Å². The van der Waals surface area contributed by atoms with Crippen LogP contribution in [0, 0.1) is 5.92 Å². The Morgan fingerprint density at radius 2 is 2.19 bits per heavy atom. The molecule has 1 fully saturated rings. The van der Waals surface area contributed by atoms with Gasteiger partial charge in [-0.25, -0.2) is 4.98 Å². The van der Waals surface area contributed by atoms with Gasteiger partial charge in [0.2, 0.25) is 0 Å². The predicted molar refractivity (Wildman–Crippen MR) is 70.0 cm³/mol. The number of anilines is 1. The first kappa shape index (κ1) is 13.5. The van der Waals surface area contributed by atoms with Crippen molar-refractivity contribution in [1.29, 1.82) is 0 Å². The van der Waals surface area contributed by atoms with Crippen LogP contribution in [-0.2, 0) is 0 Å². The minimum absolute atomic E-state index is 0.0127. The first-order valence-corrected chi connectivity index (χ1v) is 6.42. The molecule has 4 heteroatoms. The fourth-order valence-corrected chi connectivity index (χ4v) is 2.02. The summed E-state index contributed by atoms with van der Waals surface area (Å²) in [5.74, 6) is 1.31. The van der Waals surface area contributed by atoms with Crippen molar-refractivity contribution >= 4 is 21.7 Å². The number of nitrogens with two attached hydrogens (primary N) is 1. The molecule has 1 saturated carbocycles. The van der Waals surface area contributed by atoms with Crippen molar-refractivity contribution in [3.8, 4) is 0 Å². The Balaban J connectivity index is 0.000000160. The van der Waals surface area contributed by atoms with Crippen LogP contribution < -0.4 is 5.73 Å². The third-order valence-electron chi connectivity index (χ3n) is 2.66. The van der Waals surface area contributed by atoms with Crippen LogP contribution in [0.5, 0.6) is 0 Å². The number of pyridine rings is 1. The zero-order valence-electron chi connectivity index (χ0n) is 9.56. The van der Waals surface area contributed by atoms with Crippen LogP contribution >= 0.6 is 15.9 Å². The molecule has 0 aromatic carbocycles. The number of aromatic nitrogens is 1. The zero-order chi connectivity index (χ0) is 12.0. The Morgan fingerprint density at radius 3 is 2.56 bits per heavy atom. The smallest absolute Gasteiger partial charge is 0.123 e. The fourth-order valence-electron chi connectivity index (χ4n) is 1.79. The monoisotopic (exact) mass is 286 g/mol. The summed E-state index contributed by atoms with van der Waals surface area (Å²) in [5, 5.41) is 9.08. The molecule has 0 bridgehead atoms. The van der Waals surface area contributed by atoms with E-state index in [-0.39, 0.29) is 6.10 Å². The number of aliphatic hydroxyl groups excluding tert-OH is 1. The summed E-state index contributed by atoms with van der Waals surface area (Å²) in [4.78, 5) is 3.81. The zero-order valence-corrected chi connectivity index (χ0v) is 11.2. The molecular weight excluding hydrogens is 268 g/mol. The summed E-state index contributed by atoms with van der Waals surface area (Å²) in [5.41, 5.74) is 5.29. The summed E-state index contributed by atoms with van der Waals surface area (Å²) >= 11 is 3.23. The molecule has 1 aliphatic rings. The molecule has 1 aromatic heterocycles. The Morgan fingerprint density at radius 1 is 1.44 bits per heavy atom. The van der Waals surface area contributed by atoms with E-state index in [1.807, 2.05) is 6.07 Å². The van der Waals surface area contributed by atoms with E-state index in [0.717, 1.165) is 23.2 Å². The van der Waals surface area contributed by atoms with E-state index in [1.165, 1.54) is 12.8 Å². The van der Waals surface area contributed by atoms with Gasteiger partial charge in [0.15, 0.2) is 0 Å². The van der Waals surface area contributed by atoms with E-state index in [4.69, 9.17) is 10.8 Å². The van der Waals surface area contributed by atoms with Gasteiger partial charge in [-0.3, -0.25) is 0 Å². The fraction of sp³-hybridized carbons (Fsp3) is 0.583. The van der Waals surface area contributed by atoms with Gasteiger partial charge >= 0.3 is 0 Å². The molecule has 90 valence electrons. The van der Waals surface area contributed by atoms with Gasteiger partial charge in [0.25, 0.3) is 0 Å². The average Bonchev–Trinajstić information content (AvgIpc) is 2.23. The number of nitrogens with zero attached hydrogens (tertiary/aromatic N) is 1. The Labute approximate surface area is 105 Å². The van der Waals surface area contributed by atoms with Crippen molar-refractivity contribution in [3.05, 3.63) is 22.8 Å². The van der Waals surface area contributed by atoms with E-state index < -0.39 is 0 Å². The summed E-state index contributed by atoms with van der Waals surface area (Å²) in [6.45, 7) is 2.21. The molecule has 0 radical (unpaired) electrons. The third kappa shape index (κ3) is 5.47. The van der Waals surface area contributed by atoms with Crippen LogP contribution in [0.15, 0.2) is 22.8 Å². The quantitative estimate of drug-likeness (QED) is 0.771. The van der Waals surface area contributed by atoms with E-state index in [0.29, 0.717) is 5.82 Å². The van der Waals surface area contributed by atoms with Crippen molar-refractivity contribution in [2.75, 3.05) is 5.73 Å². The number of rotatable bonds is 0. The predicted octanol–water partition coefficient (Wildman–Crippen LogP) is 2.98. The standard InChI is InChI=1S/C7H14O.C5H5BrN2/c1-6-3-2-4-7(8)5-6;6-4-1-2-5(7)8-3-4/h6-8H,2-5H2,1H3;1-3H,(H2,7,8). The Kier molecular flexibility index (Phi) is 5.77. The van der Waals surface area contributed by atoms with Crippen molar-refractivity contribution in [3.63, 3.8) is 0 Å². The second-order valence-electron chi connectivity index (χ2n) is 4.33. The minimum atomic E-state index is 0.0127. The first-order chi connectivity index (χ1) is 7.58. The molecule has 16 heavy (non-hydrogen) atoms. The highest BCUT2D eigenvalue weighted by atomic mass is 79.9. The molecule has 2 atom stereocenters. The van der Waals surface area contributed by atoms with Crippen molar-refractivity contribution in [2.45, 2.75) is 38.7 Å².